The van der Waals surface area contributed by atoms with Gasteiger partial charge in [-0.25, -0.2) is 13.2 Å². The van der Waals surface area contributed by atoms with Crippen molar-refractivity contribution in [3.8, 4) is 0 Å². The molecule has 0 aromatic heterocycles. The van der Waals surface area contributed by atoms with Gasteiger partial charge in [0.05, 0.1) is 5.56 Å². The highest BCUT2D eigenvalue weighted by Gasteiger charge is 2.18. The van der Waals surface area contributed by atoms with Crippen molar-refractivity contribution in [1.29, 1.82) is 0 Å². The fourth-order valence-electron chi connectivity index (χ4n) is 0.743. The maximum Gasteiger partial charge on any atom is 0.267 e. The number of rotatable bonds is 1. The molecular formula is C7H3Br2F3. The van der Waals surface area contributed by atoms with E-state index in [0.717, 1.165) is 6.07 Å². The van der Waals surface area contributed by atoms with Crippen LogP contribution in [0.4, 0.5) is 13.2 Å². The van der Waals surface area contributed by atoms with Crippen molar-refractivity contribution in [1.82, 2.24) is 0 Å². The molecule has 1 aromatic carbocycles. The minimum absolute atomic E-state index is 0.0671. The van der Waals surface area contributed by atoms with Gasteiger partial charge in [0.25, 0.3) is 6.43 Å². The van der Waals surface area contributed by atoms with E-state index in [1.807, 2.05) is 0 Å². The molecule has 0 unspecified atom stereocenters. The summed E-state index contributed by atoms with van der Waals surface area (Å²) in [6.07, 6.45) is -2.81. The summed E-state index contributed by atoms with van der Waals surface area (Å²) >= 11 is 5.87. The molecule has 0 aliphatic carbocycles. The van der Waals surface area contributed by atoms with Gasteiger partial charge in [0.1, 0.15) is 5.82 Å². The van der Waals surface area contributed by atoms with Gasteiger partial charge in [-0.2, -0.15) is 0 Å². The van der Waals surface area contributed by atoms with Crippen molar-refractivity contribution in [3.05, 3.63) is 32.5 Å². The largest absolute Gasteiger partial charge is 0.267 e. The summed E-state index contributed by atoms with van der Waals surface area (Å²) in [6.45, 7) is 0. The summed E-state index contributed by atoms with van der Waals surface area (Å²) in [5, 5.41) is 0. The number of benzene rings is 1. The van der Waals surface area contributed by atoms with E-state index in [1.165, 1.54) is 6.07 Å². The topological polar surface area (TPSA) is 0 Å². The summed E-state index contributed by atoms with van der Waals surface area (Å²) in [5.41, 5.74) is -0.607. The normalized spacial score (nSPS) is 10.8. The quantitative estimate of drug-likeness (QED) is 0.679. The van der Waals surface area contributed by atoms with E-state index in [-0.39, 0.29) is 4.47 Å². The summed E-state index contributed by atoms with van der Waals surface area (Å²) in [4.78, 5) is 0. The molecule has 0 saturated carbocycles. The molecule has 0 atom stereocenters. The van der Waals surface area contributed by atoms with Gasteiger partial charge in [-0.3, -0.25) is 0 Å². The minimum Gasteiger partial charge on any atom is -0.206 e. The van der Waals surface area contributed by atoms with E-state index < -0.39 is 17.8 Å². The van der Waals surface area contributed by atoms with E-state index in [2.05, 4.69) is 31.9 Å². The van der Waals surface area contributed by atoms with Crippen LogP contribution in [-0.4, -0.2) is 0 Å². The smallest absolute Gasteiger partial charge is 0.206 e. The Labute approximate surface area is 84.0 Å². The van der Waals surface area contributed by atoms with Crippen LogP contribution in [0.2, 0.25) is 0 Å². The molecular weight excluding hydrogens is 301 g/mol. The van der Waals surface area contributed by atoms with Crippen LogP contribution in [0.25, 0.3) is 0 Å². The number of hydrogen-bond donors (Lipinski definition) is 0. The molecule has 12 heavy (non-hydrogen) atoms. The molecule has 0 N–H and O–H groups in total. The highest BCUT2D eigenvalue weighted by molar-refractivity contribution is 9.13. The molecule has 0 radical (unpaired) electrons. The summed E-state index contributed by atoms with van der Waals surface area (Å²) in [5.74, 6) is -0.903. The van der Waals surface area contributed by atoms with Crippen LogP contribution in [0.15, 0.2) is 21.1 Å². The van der Waals surface area contributed by atoms with Gasteiger partial charge in [0.15, 0.2) is 0 Å². The molecule has 0 heterocycles. The first kappa shape index (κ1) is 10.1. The van der Waals surface area contributed by atoms with Gasteiger partial charge in [-0.1, -0.05) is 0 Å². The Morgan fingerprint density at radius 3 is 2.17 bits per heavy atom. The lowest BCUT2D eigenvalue weighted by Gasteiger charge is -2.05. The molecule has 0 spiro atoms. The van der Waals surface area contributed by atoms with Gasteiger partial charge in [-0.15, -0.1) is 0 Å². The standard InChI is InChI=1S/C7H3Br2F3/c8-3-1-2-4(10)5(6(3)9)7(11)12/h1-2,7H. The average molecular weight is 304 g/mol. The third kappa shape index (κ3) is 1.82. The maximum atomic E-state index is 12.8. The van der Waals surface area contributed by atoms with Crippen molar-refractivity contribution in [2.75, 3.05) is 0 Å². The first-order chi connectivity index (χ1) is 5.54. The van der Waals surface area contributed by atoms with Crippen molar-refractivity contribution in [2.45, 2.75) is 6.43 Å². The Morgan fingerprint density at radius 2 is 1.75 bits per heavy atom. The molecule has 0 aliphatic rings. The lowest BCUT2D eigenvalue weighted by atomic mass is 10.2. The van der Waals surface area contributed by atoms with Crippen LogP contribution in [0.5, 0.6) is 0 Å². The predicted octanol–water partition coefficient (Wildman–Crippen LogP) is 4.29. The zero-order chi connectivity index (χ0) is 9.30. The monoisotopic (exact) mass is 302 g/mol. The molecule has 0 bridgehead atoms. The Hall–Kier alpha value is -0.0300. The minimum atomic E-state index is -2.81. The van der Waals surface area contributed by atoms with Crippen LogP contribution in [-0.2, 0) is 0 Å². The molecule has 0 amide bonds. The summed E-state index contributed by atoms with van der Waals surface area (Å²) in [6, 6.07) is 2.36. The van der Waals surface area contributed by atoms with Crippen LogP contribution < -0.4 is 0 Å². The van der Waals surface area contributed by atoms with Gasteiger partial charge < -0.3 is 0 Å². The maximum absolute atomic E-state index is 12.8. The molecule has 0 saturated heterocycles. The van der Waals surface area contributed by atoms with Gasteiger partial charge >= 0.3 is 0 Å². The summed E-state index contributed by atoms with van der Waals surface area (Å²) in [7, 11) is 0. The van der Waals surface area contributed by atoms with E-state index in [0.29, 0.717) is 4.47 Å². The first-order valence-corrected chi connectivity index (χ1v) is 4.54. The molecule has 0 aliphatic heterocycles. The van der Waals surface area contributed by atoms with Crippen LogP contribution >= 0.6 is 31.9 Å². The van der Waals surface area contributed by atoms with Crippen LogP contribution in [0, 0.1) is 5.82 Å². The fourth-order valence-corrected chi connectivity index (χ4v) is 1.58. The van der Waals surface area contributed by atoms with Crippen molar-refractivity contribution >= 4 is 31.9 Å². The molecule has 1 rings (SSSR count). The van der Waals surface area contributed by atoms with Gasteiger partial charge in [0, 0.05) is 8.95 Å². The number of halogens is 5. The van der Waals surface area contributed by atoms with Crippen molar-refractivity contribution in [3.63, 3.8) is 0 Å². The molecule has 66 valence electrons. The second-order valence-corrected chi connectivity index (χ2v) is 3.70. The van der Waals surface area contributed by atoms with Gasteiger partial charge in [0.2, 0.25) is 0 Å². The van der Waals surface area contributed by atoms with Crippen molar-refractivity contribution in [2.24, 2.45) is 0 Å². The van der Waals surface area contributed by atoms with Crippen LogP contribution in [0.3, 0.4) is 0 Å². The lowest BCUT2D eigenvalue weighted by Crippen LogP contribution is -1.92. The highest BCUT2D eigenvalue weighted by Crippen LogP contribution is 2.34. The Morgan fingerprint density at radius 1 is 1.17 bits per heavy atom. The average Bonchev–Trinajstić information content (AvgIpc) is 1.97. The molecule has 5 heteroatoms. The molecule has 1 aromatic rings. The Balaban J connectivity index is 3.33. The van der Waals surface area contributed by atoms with Crippen LogP contribution in [0.1, 0.15) is 12.0 Å². The van der Waals surface area contributed by atoms with Crippen molar-refractivity contribution < 1.29 is 13.2 Å². The predicted molar refractivity (Wildman–Crippen MR) is 46.8 cm³/mol. The Bertz CT molecular complexity index is 299. The second-order valence-electron chi connectivity index (χ2n) is 2.06. The Kier molecular flexibility index (Phi) is 3.17. The SMILES string of the molecule is Fc1ccc(Br)c(Br)c1C(F)F. The van der Waals surface area contributed by atoms with E-state index in [1.54, 1.807) is 0 Å². The molecule has 0 fully saturated rings. The van der Waals surface area contributed by atoms with E-state index in [9.17, 15) is 13.2 Å². The van der Waals surface area contributed by atoms with Gasteiger partial charge in [-0.05, 0) is 44.0 Å². The number of alkyl halides is 2. The zero-order valence-corrected chi connectivity index (χ0v) is 8.79. The fraction of sp³-hybridized carbons (Fsp3) is 0.143. The van der Waals surface area contributed by atoms with E-state index in [4.69, 9.17) is 0 Å². The third-order valence-electron chi connectivity index (χ3n) is 1.30. The lowest BCUT2D eigenvalue weighted by molar-refractivity contribution is 0.145. The summed E-state index contributed by atoms with van der Waals surface area (Å²) < 4.78 is 37.6. The highest BCUT2D eigenvalue weighted by atomic mass is 79.9. The first-order valence-electron chi connectivity index (χ1n) is 2.95. The zero-order valence-electron chi connectivity index (χ0n) is 5.62. The van der Waals surface area contributed by atoms with E-state index >= 15 is 0 Å². The molecule has 0 nitrogen and oxygen atoms in total. The third-order valence-corrected chi connectivity index (χ3v) is 3.34. The number of hydrogen-bond acceptors (Lipinski definition) is 0. The second kappa shape index (κ2) is 3.79.